The number of carbonyl (C=O) groups is 1. The fraction of sp³-hybridized carbons (Fsp3) is 0.0833. The number of carbonyl (C=O) groups excluding carboxylic acids is 1. The number of amides is 1. The molecule has 0 saturated heterocycles. The molecule has 0 spiro atoms. The van der Waals surface area contributed by atoms with Crippen molar-refractivity contribution in [2.75, 3.05) is 0 Å². The highest BCUT2D eigenvalue weighted by Gasteiger charge is 2.07. The van der Waals surface area contributed by atoms with Crippen molar-refractivity contribution in [1.29, 1.82) is 5.26 Å². The molecule has 6 heteroatoms. The highest BCUT2D eigenvalue weighted by Crippen LogP contribution is 2.21. The molecule has 90 valence electrons. The van der Waals surface area contributed by atoms with Crippen molar-refractivity contribution in [3.8, 4) is 6.07 Å². The lowest BCUT2D eigenvalue weighted by atomic mass is 10.2. The summed E-state index contributed by atoms with van der Waals surface area (Å²) in [6.45, 7) is 0.415. The molecular weight excluding hydrogens is 270 g/mol. The van der Waals surface area contributed by atoms with Crippen LogP contribution in [0.1, 0.15) is 20.9 Å². The topological polar surface area (TPSA) is 65.8 Å². The third-order valence-electron chi connectivity index (χ3n) is 2.18. The zero-order chi connectivity index (χ0) is 13.0. The maximum absolute atomic E-state index is 11.7. The molecule has 4 nitrogen and oxygen atoms in total. The number of halogens is 1. The summed E-state index contributed by atoms with van der Waals surface area (Å²) in [6, 6.07) is 8.68. The van der Waals surface area contributed by atoms with Crippen molar-refractivity contribution in [1.82, 2.24) is 10.3 Å². The van der Waals surface area contributed by atoms with Crippen LogP contribution in [0.25, 0.3) is 0 Å². The minimum Gasteiger partial charge on any atom is -0.346 e. The number of pyridine rings is 1. The Hall–Kier alpha value is -1.90. The van der Waals surface area contributed by atoms with Crippen molar-refractivity contribution < 1.29 is 4.79 Å². The predicted molar refractivity (Wildman–Crippen MR) is 69.5 cm³/mol. The molecule has 0 atom stereocenters. The molecule has 0 bridgehead atoms. The average molecular weight is 278 g/mol. The van der Waals surface area contributed by atoms with Crippen molar-refractivity contribution in [3.63, 3.8) is 0 Å². The summed E-state index contributed by atoms with van der Waals surface area (Å²) in [6.07, 6.45) is 1.37. The Labute approximate surface area is 113 Å². The molecule has 1 N–H and O–H groups in total. The lowest BCUT2D eigenvalue weighted by molar-refractivity contribution is 0.0946. The summed E-state index contributed by atoms with van der Waals surface area (Å²) in [5, 5.41) is 11.4. The monoisotopic (exact) mass is 277 g/mol. The number of hydrogen-bond donors (Lipinski definition) is 1. The van der Waals surface area contributed by atoms with Gasteiger partial charge in [0.1, 0.15) is 11.8 Å². The fourth-order valence-corrected chi connectivity index (χ4v) is 2.33. The van der Waals surface area contributed by atoms with E-state index < -0.39 is 0 Å². The van der Waals surface area contributed by atoms with Crippen LogP contribution >= 0.6 is 22.9 Å². The van der Waals surface area contributed by atoms with Crippen LogP contribution in [0.2, 0.25) is 4.34 Å². The zero-order valence-electron chi connectivity index (χ0n) is 9.18. The molecule has 0 radical (unpaired) electrons. The van der Waals surface area contributed by atoms with Gasteiger partial charge in [0.15, 0.2) is 0 Å². The van der Waals surface area contributed by atoms with Gasteiger partial charge in [0.25, 0.3) is 5.91 Å². The van der Waals surface area contributed by atoms with Crippen molar-refractivity contribution in [2.45, 2.75) is 6.54 Å². The SMILES string of the molecule is N#Cc1ccc(C(=O)NCc2ccc(Cl)s2)nc1. The summed E-state index contributed by atoms with van der Waals surface area (Å²) >= 11 is 7.21. The first-order valence-electron chi connectivity index (χ1n) is 5.07. The minimum atomic E-state index is -0.274. The molecule has 0 aromatic carbocycles. The number of aromatic nitrogens is 1. The van der Waals surface area contributed by atoms with Gasteiger partial charge in [-0.3, -0.25) is 4.79 Å². The average Bonchev–Trinajstić information content (AvgIpc) is 2.82. The summed E-state index contributed by atoms with van der Waals surface area (Å²) in [5.41, 5.74) is 0.716. The molecular formula is C12H8ClN3OS. The molecule has 2 aromatic heterocycles. The largest absolute Gasteiger partial charge is 0.346 e. The van der Waals surface area contributed by atoms with E-state index in [1.54, 1.807) is 12.1 Å². The second-order valence-electron chi connectivity index (χ2n) is 3.43. The van der Waals surface area contributed by atoms with Crippen LogP contribution in [0.3, 0.4) is 0 Å². The van der Waals surface area contributed by atoms with Crippen LogP contribution in [0.15, 0.2) is 30.5 Å². The normalized spacial score (nSPS) is 9.78. The Morgan fingerprint density at radius 1 is 1.44 bits per heavy atom. The molecule has 18 heavy (non-hydrogen) atoms. The summed E-state index contributed by atoms with van der Waals surface area (Å²) in [4.78, 5) is 16.6. The van der Waals surface area contributed by atoms with E-state index in [1.165, 1.54) is 23.6 Å². The number of nitrogens with one attached hydrogen (secondary N) is 1. The summed E-state index contributed by atoms with van der Waals surface area (Å²) < 4.78 is 0.691. The van der Waals surface area contributed by atoms with E-state index in [0.29, 0.717) is 16.4 Å². The molecule has 2 aromatic rings. The lowest BCUT2D eigenvalue weighted by Gasteiger charge is -2.02. The highest BCUT2D eigenvalue weighted by molar-refractivity contribution is 7.16. The summed E-state index contributed by atoms with van der Waals surface area (Å²) in [5.74, 6) is -0.274. The standard InChI is InChI=1S/C12H8ClN3OS/c13-11-4-2-9(18-11)7-16-12(17)10-3-1-8(5-14)6-15-10/h1-4,6H,7H2,(H,16,17). The van der Waals surface area contributed by atoms with Gasteiger partial charge in [-0.2, -0.15) is 5.26 Å². The van der Waals surface area contributed by atoms with E-state index in [2.05, 4.69) is 10.3 Å². The predicted octanol–water partition coefficient (Wildman–Crippen LogP) is 2.60. The van der Waals surface area contributed by atoms with Gasteiger partial charge in [-0.05, 0) is 24.3 Å². The van der Waals surface area contributed by atoms with E-state index in [9.17, 15) is 4.79 Å². The van der Waals surface area contributed by atoms with Gasteiger partial charge in [-0.1, -0.05) is 11.6 Å². The fourth-order valence-electron chi connectivity index (χ4n) is 1.30. The number of rotatable bonds is 3. The molecule has 2 heterocycles. The Bertz CT molecular complexity index is 601. The van der Waals surface area contributed by atoms with Crippen molar-refractivity contribution in [3.05, 3.63) is 50.9 Å². The van der Waals surface area contributed by atoms with E-state index in [0.717, 1.165) is 4.88 Å². The van der Waals surface area contributed by atoms with Crippen LogP contribution in [-0.2, 0) is 6.54 Å². The lowest BCUT2D eigenvalue weighted by Crippen LogP contribution is -2.23. The molecule has 0 aliphatic rings. The zero-order valence-corrected chi connectivity index (χ0v) is 10.8. The summed E-state index contributed by atoms with van der Waals surface area (Å²) in [7, 11) is 0. The van der Waals surface area contributed by atoms with Crippen LogP contribution in [0.5, 0.6) is 0 Å². The first-order valence-corrected chi connectivity index (χ1v) is 6.27. The number of thiophene rings is 1. The molecule has 0 fully saturated rings. The second-order valence-corrected chi connectivity index (χ2v) is 5.23. The molecule has 0 saturated carbocycles. The van der Waals surface area contributed by atoms with Gasteiger partial charge in [-0.15, -0.1) is 11.3 Å². The Balaban J connectivity index is 1.97. The number of nitriles is 1. The van der Waals surface area contributed by atoms with Crippen molar-refractivity contribution in [2.24, 2.45) is 0 Å². The number of hydrogen-bond acceptors (Lipinski definition) is 4. The Morgan fingerprint density at radius 2 is 2.28 bits per heavy atom. The first kappa shape index (κ1) is 12.6. The third kappa shape index (κ3) is 3.06. The van der Waals surface area contributed by atoms with Gasteiger partial charge in [0.05, 0.1) is 16.4 Å². The van der Waals surface area contributed by atoms with Gasteiger partial charge < -0.3 is 5.32 Å². The quantitative estimate of drug-likeness (QED) is 0.938. The van der Waals surface area contributed by atoms with Crippen LogP contribution < -0.4 is 5.32 Å². The molecule has 0 unspecified atom stereocenters. The minimum absolute atomic E-state index is 0.274. The molecule has 0 aliphatic carbocycles. The first-order chi connectivity index (χ1) is 8.69. The molecule has 1 amide bonds. The third-order valence-corrected chi connectivity index (χ3v) is 3.41. The van der Waals surface area contributed by atoms with Crippen LogP contribution in [-0.4, -0.2) is 10.9 Å². The van der Waals surface area contributed by atoms with E-state index in [4.69, 9.17) is 16.9 Å². The molecule has 0 aliphatic heterocycles. The number of nitrogens with zero attached hydrogens (tertiary/aromatic N) is 2. The maximum Gasteiger partial charge on any atom is 0.270 e. The Morgan fingerprint density at radius 3 is 2.83 bits per heavy atom. The van der Waals surface area contributed by atoms with Gasteiger partial charge in [-0.25, -0.2) is 4.98 Å². The van der Waals surface area contributed by atoms with E-state index >= 15 is 0 Å². The Kier molecular flexibility index (Phi) is 3.92. The van der Waals surface area contributed by atoms with Gasteiger partial charge >= 0.3 is 0 Å². The van der Waals surface area contributed by atoms with E-state index in [1.807, 2.05) is 12.1 Å². The second kappa shape index (κ2) is 5.63. The van der Waals surface area contributed by atoms with Crippen LogP contribution in [0.4, 0.5) is 0 Å². The van der Waals surface area contributed by atoms with Gasteiger partial charge in [0, 0.05) is 11.1 Å². The van der Waals surface area contributed by atoms with Crippen molar-refractivity contribution >= 4 is 28.8 Å². The highest BCUT2D eigenvalue weighted by atomic mass is 35.5. The maximum atomic E-state index is 11.7. The molecule has 2 rings (SSSR count). The van der Waals surface area contributed by atoms with Crippen LogP contribution in [0, 0.1) is 11.3 Å². The smallest absolute Gasteiger partial charge is 0.270 e. The van der Waals surface area contributed by atoms with E-state index in [-0.39, 0.29) is 11.6 Å². The van der Waals surface area contributed by atoms with Gasteiger partial charge in [0.2, 0.25) is 0 Å².